The minimum Gasteiger partial charge on any atom is -0.493 e. The molecule has 3 aromatic carbocycles. The first-order valence-corrected chi connectivity index (χ1v) is 16.7. The van der Waals surface area contributed by atoms with E-state index in [1.165, 1.54) is 0 Å². The number of carbonyl (C=O) groups is 1. The number of benzene rings is 3. The van der Waals surface area contributed by atoms with Crippen molar-refractivity contribution >= 4 is 18.1 Å². The summed E-state index contributed by atoms with van der Waals surface area (Å²) in [6, 6.07) is 23.0. The molecule has 0 aliphatic rings. The van der Waals surface area contributed by atoms with E-state index in [-0.39, 0.29) is 31.5 Å². The average Bonchev–Trinajstić information content (AvgIpc) is 3.88. The maximum Gasteiger partial charge on any atom is 0.310 e. The Bertz CT molecular complexity index is 2090. The first-order chi connectivity index (χ1) is 24.8. The molecule has 0 radical (unpaired) electrons. The number of ether oxygens (including phenoxy) is 4. The number of hydrogen-bond acceptors (Lipinski definition) is 10. The second-order valence-electron chi connectivity index (χ2n) is 12.0. The predicted octanol–water partition coefficient (Wildman–Crippen LogP) is 8.39. The Hall–Kier alpha value is -6.10. The number of para-hydroxylation sites is 1. The lowest BCUT2D eigenvalue weighted by Crippen LogP contribution is -2.07. The Morgan fingerprint density at radius 1 is 0.922 bits per heavy atom. The second-order valence-corrected chi connectivity index (χ2v) is 12.0. The molecule has 0 bridgehead atoms. The van der Waals surface area contributed by atoms with Crippen LogP contribution in [-0.2, 0) is 29.2 Å². The van der Waals surface area contributed by atoms with Crippen LogP contribution in [0.4, 0.5) is 0 Å². The molecule has 0 aliphatic heterocycles. The molecule has 11 heteroatoms. The normalized spacial score (nSPS) is 11.3. The molecule has 0 spiro atoms. The van der Waals surface area contributed by atoms with Crippen LogP contribution < -0.4 is 14.2 Å². The molecular formula is C40H40N4O7. The average molecular weight is 689 g/mol. The van der Waals surface area contributed by atoms with Gasteiger partial charge in [-0.15, -0.1) is 5.10 Å². The number of nitrogens with zero attached hydrogens (tertiary/aromatic N) is 4. The number of carbonyl (C=O) groups excluding carboxylic acids is 1. The number of methoxy groups -OCH3 is 1. The summed E-state index contributed by atoms with van der Waals surface area (Å²) >= 11 is 0. The fourth-order valence-corrected chi connectivity index (χ4v) is 5.18. The van der Waals surface area contributed by atoms with Crippen LogP contribution in [-0.4, -0.2) is 39.4 Å². The zero-order chi connectivity index (χ0) is 35.7. The first-order valence-electron chi connectivity index (χ1n) is 16.7. The number of aryl methyl sites for hydroxylation is 1. The molecule has 0 aliphatic carbocycles. The van der Waals surface area contributed by atoms with Crippen molar-refractivity contribution in [3.05, 3.63) is 125 Å². The van der Waals surface area contributed by atoms with Gasteiger partial charge in [0.25, 0.3) is 0 Å². The van der Waals surface area contributed by atoms with Gasteiger partial charge in [0.2, 0.25) is 11.8 Å². The minimum absolute atomic E-state index is 0.180. The molecule has 3 aromatic heterocycles. The lowest BCUT2D eigenvalue weighted by Gasteiger charge is -2.12. The lowest BCUT2D eigenvalue weighted by molar-refractivity contribution is -0.142. The third-order valence-corrected chi connectivity index (χ3v) is 7.91. The SMILES string of the molecule is CCOC(=O)Cc1ccc(-c2nc(COc3ccc(COc4nn(-c5ccccc5)cc4/C=C/c4coc(C(C)C)n4)cc3OC)c(C)o2)cc1. The van der Waals surface area contributed by atoms with E-state index in [4.69, 9.17) is 32.9 Å². The Labute approximate surface area is 296 Å². The molecule has 262 valence electrons. The highest BCUT2D eigenvalue weighted by atomic mass is 16.5. The minimum atomic E-state index is -0.259. The number of oxazole rings is 2. The van der Waals surface area contributed by atoms with Gasteiger partial charge in [0, 0.05) is 17.7 Å². The van der Waals surface area contributed by atoms with Gasteiger partial charge in [-0.1, -0.05) is 50.2 Å². The molecule has 6 aromatic rings. The maximum atomic E-state index is 11.8. The van der Waals surface area contributed by atoms with E-state index in [1.54, 1.807) is 25.0 Å². The fourth-order valence-electron chi connectivity index (χ4n) is 5.18. The number of esters is 1. The van der Waals surface area contributed by atoms with Gasteiger partial charge >= 0.3 is 5.97 Å². The Balaban J connectivity index is 1.12. The Kier molecular flexibility index (Phi) is 11.0. The summed E-state index contributed by atoms with van der Waals surface area (Å²) in [5.41, 5.74) is 5.60. The van der Waals surface area contributed by atoms with Crippen LogP contribution >= 0.6 is 0 Å². The van der Waals surface area contributed by atoms with Crippen LogP contribution in [0.5, 0.6) is 17.4 Å². The van der Waals surface area contributed by atoms with Crippen LogP contribution in [0.15, 0.2) is 94.1 Å². The van der Waals surface area contributed by atoms with Crippen LogP contribution in [0.2, 0.25) is 0 Å². The van der Waals surface area contributed by atoms with Gasteiger partial charge in [0.1, 0.15) is 36.6 Å². The van der Waals surface area contributed by atoms with Crippen molar-refractivity contribution < 1.29 is 32.6 Å². The molecule has 0 fully saturated rings. The van der Waals surface area contributed by atoms with E-state index in [0.29, 0.717) is 47.2 Å². The molecular weight excluding hydrogens is 648 g/mol. The van der Waals surface area contributed by atoms with Crippen LogP contribution in [0, 0.1) is 6.92 Å². The molecule has 0 unspecified atom stereocenters. The molecule has 6 rings (SSSR count). The van der Waals surface area contributed by atoms with Gasteiger partial charge < -0.3 is 27.8 Å². The highest BCUT2D eigenvalue weighted by Gasteiger charge is 2.16. The molecule has 0 amide bonds. The van der Waals surface area contributed by atoms with Gasteiger partial charge in [0.05, 0.1) is 31.4 Å². The Morgan fingerprint density at radius 3 is 2.43 bits per heavy atom. The van der Waals surface area contributed by atoms with Crippen molar-refractivity contribution in [1.82, 2.24) is 19.7 Å². The molecule has 0 saturated carbocycles. The quantitative estimate of drug-likeness (QED) is 0.0972. The van der Waals surface area contributed by atoms with Crippen molar-refractivity contribution in [2.75, 3.05) is 13.7 Å². The Morgan fingerprint density at radius 2 is 1.71 bits per heavy atom. The topological polar surface area (TPSA) is 124 Å². The van der Waals surface area contributed by atoms with Crippen molar-refractivity contribution in [3.63, 3.8) is 0 Å². The molecule has 0 N–H and O–H groups in total. The van der Waals surface area contributed by atoms with Crippen LogP contribution in [0.3, 0.4) is 0 Å². The zero-order valence-corrected chi connectivity index (χ0v) is 29.3. The number of aromatic nitrogens is 4. The van der Waals surface area contributed by atoms with Gasteiger partial charge in [-0.2, -0.15) is 0 Å². The van der Waals surface area contributed by atoms with E-state index < -0.39 is 0 Å². The summed E-state index contributed by atoms with van der Waals surface area (Å²) < 4.78 is 36.4. The van der Waals surface area contributed by atoms with Crippen molar-refractivity contribution in [1.29, 1.82) is 0 Å². The predicted molar refractivity (Wildman–Crippen MR) is 192 cm³/mol. The highest BCUT2D eigenvalue weighted by Crippen LogP contribution is 2.31. The zero-order valence-electron chi connectivity index (χ0n) is 29.3. The van der Waals surface area contributed by atoms with Crippen LogP contribution in [0.1, 0.15) is 66.4 Å². The molecule has 51 heavy (non-hydrogen) atoms. The standard InChI is InChI=1S/C40H40N4O7/c1-6-47-37(45)21-28-12-15-30(16-13-28)39-42-34(27(4)51-39)25-48-35-19-14-29(20-36(35)46-5)23-49-40-31(17-18-32-24-50-38(41-32)26(2)3)22-44(43-40)33-10-8-7-9-11-33/h7-20,22,24,26H,6,21,23,25H2,1-5H3/b18-17+. The maximum absolute atomic E-state index is 11.8. The number of rotatable bonds is 15. The largest absolute Gasteiger partial charge is 0.493 e. The van der Waals surface area contributed by atoms with E-state index >= 15 is 0 Å². The second kappa shape index (κ2) is 16.1. The summed E-state index contributed by atoms with van der Waals surface area (Å²) in [5, 5.41) is 4.73. The molecule has 0 atom stereocenters. The van der Waals surface area contributed by atoms with Crippen molar-refractivity contribution in [3.8, 4) is 34.5 Å². The van der Waals surface area contributed by atoms with Crippen molar-refractivity contribution in [2.24, 2.45) is 0 Å². The third-order valence-electron chi connectivity index (χ3n) is 7.91. The fraction of sp³-hybridized carbons (Fsp3) is 0.250. The van der Waals surface area contributed by atoms with Gasteiger partial charge in [-0.3, -0.25) is 4.79 Å². The molecule has 11 nitrogen and oxygen atoms in total. The van der Waals surface area contributed by atoms with E-state index in [2.05, 4.69) is 9.97 Å². The van der Waals surface area contributed by atoms with E-state index in [0.717, 1.165) is 33.6 Å². The van der Waals surface area contributed by atoms with Crippen LogP contribution in [0.25, 0.3) is 29.3 Å². The summed E-state index contributed by atoms with van der Waals surface area (Å²) in [5.74, 6) is 3.31. The highest BCUT2D eigenvalue weighted by molar-refractivity contribution is 5.73. The number of hydrogen-bond donors (Lipinski definition) is 0. The smallest absolute Gasteiger partial charge is 0.310 e. The third kappa shape index (κ3) is 8.74. The van der Waals surface area contributed by atoms with Gasteiger partial charge in [-0.05, 0) is 73.5 Å². The lowest BCUT2D eigenvalue weighted by atomic mass is 10.1. The van der Waals surface area contributed by atoms with Crippen molar-refractivity contribution in [2.45, 2.75) is 53.2 Å². The summed E-state index contributed by atoms with van der Waals surface area (Å²) in [6.45, 7) is 8.49. The summed E-state index contributed by atoms with van der Waals surface area (Å²) in [7, 11) is 1.59. The van der Waals surface area contributed by atoms with Gasteiger partial charge in [-0.25, -0.2) is 14.6 Å². The molecule has 3 heterocycles. The van der Waals surface area contributed by atoms with Gasteiger partial charge in [0.15, 0.2) is 17.4 Å². The monoisotopic (exact) mass is 688 g/mol. The first kappa shape index (κ1) is 34.8. The summed E-state index contributed by atoms with van der Waals surface area (Å²) in [4.78, 5) is 21.0. The summed E-state index contributed by atoms with van der Waals surface area (Å²) in [6.07, 6.45) is 7.57. The molecule has 0 saturated heterocycles. The van der Waals surface area contributed by atoms with E-state index in [1.807, 2.05) is 112 Å². The van der Waals surface area contributed by atoms with E-state index in [9.17, 15) is 4.79 Å².